The lowest BCUT2D eigenvalue weighted by atomic mass is 10.3. The number of carboxylic acids is 1. The predicted octanol–water partition coefficient (Wildman–Crippen LogP) is 1.22. The largest absolute Gasteiger partial charge is 0.481 e. The molecule has 0 aromatic rings. The molecule has 0 rings (SSSR count). The number of hydrogen-bond donors (Lipinski definition) is 1. The Kier molecular flexibility index (Phi) is 7.79. The Balaban J connectivity index is 0. The van der Waals surface area contributed by atoms with Gasteiger partial charge in [-0.25, -0.2) is 0 Å². The molecule has 0 aliphatic rings. The average Bonchev–Trinajstić information content (AvgIpc) is 1.82. The van der Waals surface area contributed by atoms with E-state index in [2.05, 4.69) is 0 Å². The molecule has 0 aromatic heterocycles. The molecule has 0 amide bonds. The fourth-order valence-electron chi connectivity index (χ4n) is 0.530. The normalized spacial score (nSPS) is 9.91. The van der Waals surface area contributed by atoms with E-state index < -0.39 is 5.97 Å². The molecular weight excluding hydrogens is 166 g/mol. The summed E-state index contributed by atoms with van der Waals surface area (Å²) in [4.78, 5) is 12.1. The Hall–Kier alpha value is -0.280. The van der Waals surface area contributed by atoms with Crippen molar-refractivity contribution < 1.29 is 9.90 Å². The highest BCUT2D eigenvalue weighted by atomic mass is 35.5. The maximum absolute atomic E-state index is 10.1. The molecule has 1 N–H and O–H groups in total. The molecule has 0 unspecified atom stereocenters. The molecule has 11 heavy (non-hydrogen) atoms. The van der Waals surface area contributed by atoms with Crippen molar-refractivity contribution in [3.63, 3.8) is 0 Å². The topological polar surface area (TPSA) is 40.5 Å². The van der Waals surface area contributed by atoms with E-state index in [0.29, 0.717) is 12.6 Å². The van der Waals surface area contributed by atoms with E-state index in [-0.39, 0.29) is 18.8 Å². The lowest BCUT2D eigenvalue weighted by molar-refractivity contribution is -0.137. The zero-order chi connectivity index (χ0) is 8.15. The molecule has 4 heteroatoms. The van der Waals surface area contributed by atoms with Crippen LogP contribution in [0.25, 0.3) is 0 Å². The van der Waals surface area contributed by atoms with Gasteiger partial charge in [-0.2, -0.15) is 0 Å². The molecule has 0 heterocycles. The molecule has 0 radical (unpaired) electrons. The van der Waals surface area contributed by atoms with Crippen LogP contribution >= 0.6 is 12.4 Å². The van der Waals surface area contributed by atoms with Crippen molar-refractivity contribution in [1.29, 1.82) is 0 Å². The Morgan fingerprint density at radius 1 is 1.55 bits per heavy atom. The zero-order valence-corrected chi connectivity index (χ0v) is 8.02. The minimum absolute atomic E-state index is 0. The van der Waals surface area contributed by atoms with Crippen molar-refractivity contribution in [2.24, 2.45) is 0 Å². The van der Waals surface area contributed by atoms with Crippen LogP contribution in [0.2, 0.25) is 0 Å². The molecule has 0 fully saturated rings. The second-order valence-corrected chi connectivity index (χ2v) is 2.72. The van der Waals surface area contributed by atoms with E-state index >= 15 is 0 Å². The summed E-state index contributed by atoms with van der Waals surface area (Å²) in [6.07, 6.45) is 0.231. The van der Waals surface area contributed by atoms with Crippen molar-refractivity contribution in [3.05, 3.63) is 0 Å². The first-order valence-corrected chi connectivity index (χ1v) is 3.46. The van der Waals surface area contributed by atoms with Gasteiger partial charge in [0, 0.05) is 12.6 Å². The lowest BCUT2D eigenvalue weighted by Gasteiger charge is -2.19. The smallest absolute Gasteiger partial charge is 0.304 e. The van der Waals surface area contributed by atoms with Gasteiger partial charge in [0.25, 0.3) is 0 Å². The third-order valence-electron chi connectivity index (χ3n) is 1.56. The Morgan fingerprint density at radius 3 is 2.27 bits per heavy atom. The molecule has 0 aliphatic carbocycles. The van der Waals surface area contributed by atoms with E-state index in [1.807, 2.05) is 25.8 Å². The molecule has 0 saturated heterocycles. The Bertz CT molecular complexity index is 117. The summed E-state index contributed by atoms with van der Waals surface area (Å²) in [6.45, 7) is 4.72. The number of nitrogens with zero attached hydrogens (tertiary/aromatic N) is 1. The van der Waals surface area contributed by atoms with Gasteiger partial charge >= 0.3 is 5.97 Å². The maximum Gasteiger partial charge on any atom is 0.304 e. The Labute approximate surface area is 73.8 Å². The highest BCUT2D eigenvalue weighted by molar-refractivity contribution is 5.85. The van der Waals surface area contributed by atoms with Gasteiger partial charge in [0.15, 0.2) is 0 Å². The summed E-state index contributed by atoms with van der Waals surface area (Å²) in [7, 11) is 1.92. The second kappa shape index (κ2) is 6.43. The van der Waals surface area contributed by atoms with Crippen LogP contribution in [-0.4, -0.2) is 35.6 Å². The number of carbonyl (C=O) groups is 1. The molecule has 0 aliphatic heterocycles. The van der Waals surface area contributed by atoms with Crippen molar-refractivity contribution in [2.75, 3.05) is 13.6 Å². The van der Waals surface area contributed by atoms with Crippen LogP contribution in [0.15, 0.2) is 0 Å². The van der Waals surface area contributed by atoms with Gasteiger partial charge in [-0.15, -0.1) is 12.4 Å². The van der Waals surface area contributed by atoms with Crippen molar-refractivity contribution in [3.8, 4) is 0 Å². The van der Waals surface area contributed by atoms with E-state index in [0.717, 1.165) is 0 Å². The summed E-state index contributed by atoms with van der Waals surface area (Å²) in [5.41, 5.74) is 0. The SMILES string of the molecule is CC(C)N(C)CCC(=O)O.Cl. The first kappa shape index (κ1) is 13.3. The van der Waals surface area contributed by atoms with Crippen LogP contribution in [0.5, 0.6) is 0 Å². The molecule has 0 saturated carbocycles. The van der Waals surface area contributed by atoms with Gasteiger partial charge in [-0.3, -0.25) is 4.79 Å². The van der Waals surface area contributed by atoms with E-state index in [1.54, 1.807) is 0 Å². The quantitative estimate of drug-likeness (QED) is 0.709. The molecule has 68 valence electrons. The van der Waals surface area contributed by atoms with Gasteiger partial charge in [-0.05, 0) is 20.9 Å². The molecule has 0 atom stereocenters. The number of aliphatic carboxylic acids is 1. The number of halogens is 1. The number of hydrogen-bond acceptors (Lipinski definition) is 2. The zero-order valence-electron chi connectivity index (χ0n) is 7.20. The molecule has 3 nitrogen and oxygen atoms in total. The first-order valence-electron chi connectivity index (χ1n) is 3.46. The van der Waals surface area contributed by atoms with Gasteiger partial charge in [-0.1, -0.05) is 0 Å². The first-order chi connectivity index (χ1) is 4.54. The number of carboxylic acid groups (broad SMARTS) is 1. The third-order valence-corrected chi connectivity index (χ3v) is 1.56. The summed E-state index contributed by atoms with van der Waals surface area (Å²) in [6, 6.07) is 0.430. The predicted molar refractivity (Wildman–Crippen MR) is 47.3 cm³/mol. The van der Waals surface area contributed by atoms with Crippen LogP contribution in [0.1, 0.15) is 20.3 Å². The fraction of sp³-hybridized carbons (Fsp3) is 0.857. The molecular formula is C7H16ClNO2. The fourth-order valence-corrected chi connectivity index (χ4v) is 0.530. The van der Waals surface area contributed by atoms with Crippen LogP contribution in [0.3, 0.4) is 0 Å². The molecule has 0 bridgehead atoms. The average molecular weight is 182 g/mol. The summed E-state index contributed by atoms with van der Waals surface area (Å²) < 4.78 is 0. The van der Waals surface area contributed by atoms with Crippen molar-refractivity contribution in [2.45, 2.75) is 26.3 Å². The van der Waals surface area contributed by atoms with Gasteiger partial charge in [0.1, 0.15) is 0 Å². The van der Waals surface area contributed by atoms with Crippen LogP contribution in [0, 0.1) is 0 Å². The van der Waals surface area contributed by atoms with E-state index in [9.17, 15) is 4.79 Å². The lowest BCUT2D eigenvalue weighted by Crippen LogP contribution is -2.28. The van der Waals surface area contributed by atoms with Gasteiger partial charge < -0.3 is 10.0 Å². The Morgan fingerprint density at radius 2 is 2.00 bits per heavy atom. The van der Waals surface area contributed by atoms with Crippen LogP contribution in [0.4, 0.5) is 0 Å². The third kappa shape index (κ3) is 7.62. The second-order valence-electron chi connectivity index (χ2n) is 2.72. The monoisotopic (exact) mass is 181 g/mol. The molecule has 0 aromatic carbocycles. The van der Waals surface area contributed by atoms with Crippen LogP contribution in [-0.2, 0) is 4.79 Å². The highest BCUT2D eigenvalue weighted by Gasteiger charge is 2.04. The van der Waals surface area contributed by atoms with Crippen molar-refractivity contribution >= 4 is 18.4 Å². The standard InChI is InChI=1S/C7H15NO2.ClH/c1-6(2)8(3)5-4-7(9)10;/h6H,4-5H2,1-3H3,(H,9,10);1H. The minimum atomic E-state index is -0.729. The van der Waals surface area contributed by atoms with E-state index in [4.69, 9.17) is 5.11 Å². The highest BCUT2D eigenvalue weighted by Crippen LogP contribution is 1.94. The van der Waals surface area contributed by atoms with Gasteiger partial charge in [0.05, 0.1) is 6.42 Å². The number of rotatable bonds is 4. The molecule has 0 spiro atoms. The summed E-state index contributed by atoms with van der Waals surface area (Å²) in [5, 5.41) is 8.32. The summed E-state index contributed by atoms with van der Waals surface area (Å²) in [5.74, 6) is -0.729. The van der Waals surface area contributed by atoms with Crippen LogP contribution < -0.4 is 0 Å². The van der Waals surface area contributed by atoms with E-state index in [1.165, 1.54) is 0 Å². The summed E-state index contributed by atoms with van der Waals surface area (Å²) >= 11 is 0. The minimum Gasteiger partial charge on any atom is -0.481 e. The van der Waals surface area contributed by atoms with Crippen molar-refractivity contribution in [1.82, 2.24) is 4.90 Å². The maximum atomic E-state index is 10.1. The van der Waals surface area contributed by atoms with Gasteiger partial charge in [0.2, 0.25) is 0 Å².